The fraction of sp³-hybridized carbons (Fsp3) is 0.286. The van der Waals surface area contributed by atoms with Gasteiger partial charge in [0.05, 0.1) is 10.7 Å². The third kappa shape index (κ3) is 3.99. The van der Waals surface area contributed by atoms with Gasteiger partial charge in [-0.05, 0) is 32.0 Å². The summed E-state index contributed by atoms with van der Waals surface area (Å²) in [7, 11) is 0. The molecule has 1 aromatic carbocycles. The SMILES string of the molecule is C=CCNC(=O)C(C)(C)C(=O)Nc1ccc(Cl)cc1Cl. The molecule has 2 N–H and O–H groups in total. The molecular formula is C14H16Cl2N2O2. The van der Waals surface area contributed by atoms with Crippen molar-refractivity contribution in [2.24, 2.45) is 5.41 Å². The number of carbonyl (C=O) groups excluding carboxylic acids is 2. The lowest BCUT2D eigenvalue weighted by atomic mass is 9.91. The summed E-state index contributed by atoms with van der Waals surface area (Å²) in [5.74, 6) is -0.844. The van der Waals surface area contributed by atoms with Gasteiger partial charge in [-0.2, -0.15) is 0 Å². The minimum absolute atomic E-state index is 0.303. The number of amides is 2. The molecule has 0 aliphatic rings. The first-order chi connectivity index (χ1) is 9.28. The van der Waals surface area contributed by atoms with E-state index in [1.807, 2.05) is 0 Å². The van der Waals surface area contributed by atoms with E-state index in [1.54, 1.807) is 18.2 Å². The molecule has 4 nitrogen and oxygen atoms in total. The molecule has 0 atom stereocenters. The standard InChI is InChI=1S/C14H16Cl2N2O2/c1-4-7-17-12(19)14(2,3)13(20)18-11-6-5-9(15)8-10(11)16/h4-6,8H,1,7H2,2-3H3,(H,17,19)(H,18,20). The predicted octanol–water partition coefficient (Wildman–Crippen LogP) is 3.26. The Morgan fingerprint density at radius 3 is 2.50 bits per heavy atom. The molecule has 1 aromatic rings. The lowest BCUT2D eigenvalue weighted by Gasteiger charge is -2.22. The summed E-state index contributed by atoms with van der Waals surface area (Å²) in [6.45, 7) is 6.87. The number of rotatable bonds is 5. The first-order valence-corrected chi connectivity index (χ1v) is 6.70. The third-order valence-electron chi connectivity index (χ3n) is 2.72. The van der Waals surface area contributed by atoms with E-state index in [0.29, 0.717) is 22.3 Å². The number of anilines is 1. The van der Waals surface area contributed by atoms with Crippen LogP contribution in [0.25, 0.3) is 0 Å². The molecule has 1 rings (SSSR count). The summed E-state index contributed by atoms with van der Waals surface area (Å²) in [4.78, 5) is 24.1. The van der Waals surface area contributed by atoms with Gasteiger partial charge < -0.3 is 10.6 Å². The van der Waals surface area contributed by atoms with Gasteiger partial charge in [0.25, 0.3) is 0 Å². The third-order valence-corrected chi connectivity index (χ3v) is 3.27. The smallest absolute Gasteiger partial charge is 0.239 e. The van der Waals surface area contributed by atoms with Gasteiger partial charge in [-0.15, -0.1) is 6.58 Å². The molecule has 0 spiro atoms. The van der Waals surface area contributed by atoms with E-state index < -0.39 is 11.3 Å². The second kappa shape index (κ2) is 6.77. The van der Waals surface area contributed by atoms with Crippen LogP contribution in [0.4, 0.5) is 5.69 Å². The summed E-state index contributed by atoms with van der Waals surface area (Å²) < 4.78 is 0. The summed E-state index contributed by atoms with van der Waals surface area (Å²) in [5.41, 5.74) is -0.822. The van der Waals surface area contributed by atoms with E-state index in [9.17, 15) is 9.59 Å². The van der Waals surface area contributed by atoms with Gasteiger partial charge in [-0.1, -0.05) is 29.3 Å². The van der Waals surface area contributed by atoms with Crippen molar-refractivity contribution in [3.8, 4) is 0 Å². The van der Waals surface area contributed by atoms with Crippen LogP contribution in [-0.4, -0.2) is 18.4 Å². The van der Waals surface area contributed by atoms with Crippen molar-refractivity contribution < 1.29 is 9.59 Å². The van der Waals surface area contributed by atoms with Gasteiger partial charge >= 0.3 is 0 Å². The minimum atomic E-state index is -1.23. The summed E-state index contributed by atoms with van der Waals surface area (Å²) in [6.07, 6.45) is 1.54. The average Bonchev–Trinajstić information content (AvgIpc) is 2.38. The molecule has 2 amide bonds. The van der Waals surface area contributed by atoms with Gasteiger partial charge in [0.1, 0.15) is 5.41 Å². The van der Waals surface area contributed by atoms with E-state index >= 15 is 0 Å². The summed E-state index contributed by atoms with van der Waals surface area (Å²) in [5, 5.41) is 5.99. The van der Waals surface area contributed by atoms with Crippen molar-refractivity contribution in [1.29, 1.82) is 0 Å². The maximum Gasteiger partial charge on any atom is 0.239 e. The molecule has 0 radical (unpaired) electrons. The van der Waals surface area contributed by atoms with Crippen molar-refractivity contribution in [3.63, 3.8) is 0 Å². The first-order valence-electron chi connectivity index (χ1n) is 5.94. The molecule has 0 saturated heterocycles. The van der Waals surface area contributed by atoms with Crippen molar-refractivity contribution in [2.45, 2.75) is 13.8 Å². The number of hydrogen-bond acceptors (Lipinski definition) is 2. The predicted molar refractivity (Wildman–Crippen MR) is 82.1 cm³/mol. The Labute approximate surface area is 128 Å². The molecule has 6 heteroatoms. The van der Waals surface area contributed by atoms with Crippen LogP contribution in [0.15, 0.2) is 30.9 Å². The van der Waals surface area contributed by atoms with Gasteiger partial charge in [-0.3, -0.25) is 9.59 Å². The Kier molecular flexibility index (Phi) is 5.60. The quantitative estimate of drug-likeness (QED) is 0.647. The number of nitrogens with one attached hydrogen (secondary N) is 2. The van der Waals surface area contributed by atoms with E-state index in [0.717, 1.165) is 0 Å². The Hall–Kier alpha value is -1.52. The van der Waals surface area contributed by atoms with Crippen LogP contribution >= 0.6 is 23.2 Å². The molecule has 0 unspecified atom stereocenters. The number of carbonyl (C=O) groups is 2. The second-order valence-corrected chi connectivity index (χ2v) is 5.55. The largest absolute Gasteiger partial charge is 0.352 e. The molecule has 0 aromatic heterocycles. The highest BCUT2D eigenvalue weighted by molar-refractivity contribution is 6.36. The monoisotopic (exact) mass is 314 g/mol. The average molecular weight is 315 g/mol. The lowest BCUT2D eigenvalue weighted by Crippen LogP contribution is -2.45. The molecule has 0 aliphatic carbocycles. The fourth-order valence-electron chi connectivity index (χ4n) is 1.36. The second-order valence-electron chi connectivity index (χ2n) is 4.70. The van der Waals surface area contributed by atoms with E-state index in [1.165, 1.54) is 19.9 Å². The van der Waals surface area contributed by atoms with Crippen LogP contribution in [0.1, 0.15) is 13.8 Å². The van der Waals surface area contributed by atoms with E-state index in [4.69, 9.17) is 23.2 Å². The van der Waals surface area contributed by atoms with E-state index in [2.05, 4.69) is 17.2 Å². The van der Waals surface area contributed by atoms with E-state index in [-0.39, 0.29) is 5.91 Å². The molecular weight excluding hydrogens is 299 g/mol. The van der Waals surface area contributed by atoms with Gasteiger partial charge in [0, 0.05) is 11.6 Å². The molecule has 0 saturated carbocycles. The zero-order valence-electron chi connectivity index (χ0n) is 11.3. The molecule has 0 bridgehead atoms. The zero-order chi connectivity index (χ0) is 15.3. The first kappa shape index (κ1) is 16.5. The summed E-state index contributed by atoms with van der Waals surface area (Å²) in [6, 6.07) is 4.71. The molecule has 0 fully saturated rings. The van der Waals surface area contributed by atoms with Gasteiger partial charge in [0.15, 0.2) is 0 Å². The maximum absolute atomic E-state index is 12.2. The maximum atomic E-state index is 12.2. The Morgan fingerprint density at radius 2 is 1.95 bits per heavy atom. The van der Waals surface area contributed by atoms with Crippen LogP contribution in [0.5, 0.6) is 0 Å². The molecule has 20 heavy (non-hydrogen) atoms. The Bertz CT molecular complexity index is 542. The topological polar surface area (TPSA) is 58.2 Å². The van der Waals surface area contributed by atoms with Crippen LogP contribution in [0.2, 0.25) is 10.0 Å². The van der Waals surface area contributed by atoms with Crippen molar-refractivity contribution in [2.75, 3.05) is 11.9 Å². The van der Waals surface area contributed by atoms with Crippen LogP contribution in [-0.2, 0) is 9.59 Å². The molecule has 0 heterocycles. The number of benzene rings is 1. The Morgan fingerprint density at radius 1 is 1.30 bits per heavy atom. The normalized spacial score (nSPS) is 10.8. The van der Waals surface area contributed by atoms with Crippen molar-refractivity contribution in [3.05, 3.63) is 40.9 Å². The fourth-order valence-corrected chi connectivity index (χ4v) is 1.81. The van der Waals surface area contributed by atoms with Crippen LogP contribution < -0.4 is 10.6 Å². The number of hydrogen-bond donors (Lipinski definition) is 2. The number of halogens is 2. The lowest BCUT2D eigenvalue weighted by molar-refractivity contribution is -0.138. The van der Waals surface area contributed by atoms with Gasteiger partial charge in [-0.25, -0.2) is 0 Å². The zero-order valence-corrected chi connectivity index (χ0v) is 12.8. The summed E-state index contributed by atoms with van der Waals surface area (Å²) >= 11 is 11.8. The minimum Gasteiger partial charge on any atom is -0.352 e. The molecule has 0 aliphatic heterocycles. The van der Waals surface area contributed by atoms with Crippen LogP contribution in [0.3, 0.4) is 0 Å². The van der Waals surface area contributed by atoms with Gasteiger partial charge in [0.2, 0.25) is 11.8 Å². The van der Waals surface area contributed by atoms with Crippen molar-refractivity contribution in [1.82, 2.24) is 5.32 Å². The molecule has 108 valence electrons. The highest BCUT2D eigenvalue weighted by Gasteiger charge is 2.35. The Balaban J connectivity index is 2.83. The van der Waals surface area contributed by atoms with Crippen LogP contribution in [0, 0.1) is 5.41 Å². The highest BCUT2D eigenvalue weighted by atomic mass is 35.5. The highest BCUT2D eigenvalue weighted by Crippen LogP contribution is 2.27. The van der Waals surface area contributed by atoms with Crippen molar-refractivity contribution >= 4 is 40.7 Å².